The van der Waals surface area contributed by atoms with Crippen LogP contribution in [0.5, 0.6) is 0 Å². The van der Waals surface area contributed by atoms with Gasteiger partial charge in [0.2, 0.25) is 11.8 Å². The van der Waals surface area contributed by atoms with Gasteiger partial charge in [-0.25, -0.2) is 4.98 Å². The highest BCUT2D eigenvalue weighted by Gasteiger charge is 2.34. The molecule has 1 unspecified atom stereocenters. The highest BCUT2D eigenvalue weighted by atomic mass is 32.1. The molecule has 0 aliphatic carbocycles. The molecule has 28 heavy (non-hydrogen) atoms. The Morgan fingerprint density at radius 3 is 2.75 bits per heavy atom. The first kappa shape index (κ1) is 18.3. The summed E-state index contributed by atoms with van der Waals surface area (Å²) in [6.07, 6.45) is 4.41. The molecule has 1 saturated heterocycles. The van der Waals surface area contributed by atoms with Gasteiger partial charge in [0.05, 0.1) is 11.6 Å². The summed E-state index contributed by atoms with van der Waals surface area (Å²) in [5, 5.41) is 5.91. The molecule has 3 aromatic rings. The molecule has 2 amide bonds. The van der Waals surface area contributed by atoms with Gasteiger partial charge < -0.3 is 10.2 Å². The van der Waals surface area contributed by atoms with Crippen LogP contribution in [0.25, 0.3) is 10.6 Å². The molecule has 1 N–H and O–H groups in total. The lowest BCUT2D eigenvalue weighted by molar-refractivity contribution is -0.126. The molecular formula is C21H20N4O2S. The van der Waals surface area contributed by atoms with Crippen molar-refractivity contribution in [3.05, 3.63) is 65.9 Å². The monoisotopic (exact) mass is 392 g/mol. The van der Waals surface area contributed by atoms with E-state index in [1.165, 1.54) is 0 Å². The summed E-state index contributed by atoms with van der Waals surface area (Å²) in [5.74, 6) is -0.389. The molecule has 6 nitrogen and oxygen atoms in total. The molecule has 1 atom stereocenters. The molecule has 1 aliphatic heterocycles. The van der Waals surface area contributed by atoms with Crippen molar-refractivity contribution in [3.63, 3.8) is 0 Å². The lowest BCUT2D eigenvalue weighted by atomic mass is 10.1. The number of aromatic nitrogens is 2. The number of pyridine rings is 1. The number of anilines is 1. The number of hydrogen-bond donors (Lipinski definition) is 1. The van der Waals surface area contributed by atoms with Crippen molar-refractivity contribution in [3.8, 4) is 10.6 Å². The standard InChI is InChI=1S/C21H20N4O2S/c26-19-12-16(13-25(19)18-4-2-1-3-5-18)20(27)23-11-8-17-14-28-21(24-17)15-6-9-22-10-7-15/h1-7,9-10,14,16H,8,11-13H2,(H,23,27). The highest BCUT2D eigenvalue weighted by molar-refractivity contribution is 7.13. The average molecular weight is 392 g/mol. The van der Waals surface area contributed by atoms with Crippen LogP contribution < -0.4 is 10.2 Å². The Morgan fingerprint density at radius 1 is 1.18 bits per heavy atom. The maximum Gasteiger partial charge on any atom is 0.227 e. The number of benzene rings is 1. The summed E-state index contributed by atoms with van der Waals surface area (Å²) in [5.41, 5.74) is 2.83. The first-order chi connectivity index (χ1) is 13.7. The number of amides is 2. The van der Waals surface area contributed by atoms with Crippen LogP contribution in [0.2, 0.25) is 0 Å². The number of nitrogens with zero attached hydrogens (tertiary/aromatic N) is 3. The smallest absolute Gasteiger partial charge is 0.227 e. The van der Waals surface area contributed by atoms with Gasteiger partial charge in [0.15, 0.2) is 0 Å². The van der Waals surface area contributed by atoms with Crippen molar-refractivity contribution < 1.29 is 9.59 Å². The number of thiazole rings is 1. The van der Waals surface area contributed by atoms with Gasteiger partial charge in [0, 0.05) is 55.0 Å². The van der Waals surface area contributed by atoms with Crippen molar-refractivity contribution in [1.29, 1.82) is 0 Å². The fourth-order valence-electron chi connectivity index (χ4n) is 3.25. The Kier molecular flexibility index (Phi) is 5.43. The van der Waals surface area contributed by atoms with Crippen molar-refractivity contribution in [2.75, 3.05) is 18.0 Å². The van der Waals surface area contributed by atoms with E-state index in [9.17, 15) is 9.59 Å². The number of para-hydroxylation sites is 1. The first-order valence-electron chi connectivity index (χ1n) is 9.18. The molecule has 0 radical (unpaired) electrons. The molecule has 0 saturated carbocycles. The molecule has 0 bridgehead atoms. The zero-order valence-corrected chi connectivity index (χ0v) is 16.1. The van der Waals surface area contributed by atoms with Crippen LogP contribution in [0.4, 0.5) is 5.69 Å². The van der Waals surface area contributed by atoms with Crippen LogP contribution in [0.1, 0.15) is 12.1 Å². The van der Waals surface area contributed by atoms with Gasteiger partial charge >= 0.3 is 0 Å². The van der Waals surface area contributed by atoms with Gasteiger partial charge in [-0.2, -0.15) is 0 Å². The van der Waals surface area contributed by atoms with E-state index in [-0.39, 0.29) is 24.2 Å². The molecule has 3 heterocycles. The second kappa shape index (κ2) is 8.31. The molecule has 1 aromatic carbocycles. The number of nitrogens with one attached hydrogen (secondary N) is 1. The van der Waals surface area contributed by atoms with Crippen molar-refractivity contribution in [2.24, 2.45) is 5.92 Å². The third kappa shape index (κ3) is 4.09. The fourth-order valence-corrected chi connectivity index (χ4v) is 4.11. The van der Waals surface area contributed by atoms with Crippen LogP contribution in [-0.4, -0.2) is 34.9 Å². The van der Waals surface area contributed by atoms with E-state index in [2.05, 4.69) is 15.3 Å². The minimum Gasteiger partial charge on any atom is -0.355 e. The molecule has 0 spiro atoms. The molecule has 2 aromatic heterocycles. The van der Waals surface area contributed by atoms with Crippen LogP contribution in [-0.2, 0) is 16.0 Å². The zero-order chi connectivity index (χ0) is 19.3. The Balaban J connectivity index is 1.28. The Morgan fingerprint density at radius 2 is 1.96 bits per heavy atom. The van der Waals surface area contributed by atoms with E-state index in [1.807, 2.05) is 47.8 Å². The lowest BCUT2D eigenvalue weighted by Crippen LogP contribution is -2.34. The number of hydrogen-bond acceptors (Lipinski definition) is 5. The second-order valence-electron chi connectivity index (χ2n) is 6.66. The van der Waals surface area contributed by atoms with Gasteiger partial charge in [-0.1, -0.05) is 18.2 Å². The van der Waals surface area contributed by atoms with Gasteiger partial charge in [0.25, 0.3) is 0 Å². The SMILES string of the molecule is O=C(NCCc1csc(-c2ccncc2)n1)C1CC(=O)N(c2ccccc2)C1. The minimum atomic E-state index is -0.310. The lowest BCUT2D eigenvalue weighted by Gasteiger charge is -2.16. The van der Waals surface area contributed by atoms with Crippen LogP contribution in [0.3, 0.4) is 0 Å². The van der Waals surface area contributed by atoms with Crippen molar-refractivity contribution in [2.45, 2.75) is 12.8 Å². The summed E-state index contributed by atoms with van der Waals surface area (Å²) in [7, 11) is 0. The normalized spacial score (nSPS) is 16.4. The third-order valence-corrected chi connectivity index (χ3v) is 5.66. The molecule has 7 heteroatoms. The van der Waals surface area contributed by atoms with Crippen LogP contribution in [0.15, 0.2) is 60.2 Å². The van der Waals surface area contributed by atoms with Crippen LogP contribution in [0, 0.1) is 5.92 Å². The van der Waals surface area contributed by atoms with E-state index >= 15 is 0 Å². The number of carbonyl (C=O) groups excluding carboxylic acids is 2. The number of rotatable bonds is 6. The average Bonchev–Trinajstić information content (AvgIpc) is 3.36. The molecule has 142 valence electrons. The summed E-state index contributed by atoms with van der Waals surface area (Å²) in [4.78, 5) is 35.0. The minimum absolute atomic E-state index is 0.00663. The summed E-state index contributed by atoms with van der Waals surface area (Å²) in [6.45, 7) is 0.936. The van der Waals surface area contributed by atoms with Gasteiger partial charge in [-0.3, -0.25) is 14.6 Å². The van der Waals surface area contributed by atoms with Crippen molar-refractivity contribution >= 4 is 28.8 Å². The van der Waals surface area contributed by atoms with Crippen molar-refractivity contribution in [1.82, 2.24) is 15.3 Å². The predicted molar refractivity (Wildman–Crippen MR) is 109 cm³/mol. The summed E-state index contributed by atoms with van der Waals surface area (Å²) < 4.78 is 0. The quantitative estimate of drug-likeness (QED) is 0.700. The van der Waals surface area contributed by atoms with Gasteiger partial charge in [0.1, 0.15) is 5.01 Å². The van der Waals surface area contributed by atoms with E-state index in [0.29, 0.717) is 19.5 Å². The van der Waals surface area contributed by atoms with E-state index in [4.69, 9.17) is 0 Å². The van der Waals surface area contributed by atoms with Gasteiger partial charge in [-0.05, 0) is 24.3 Å². The predicted octanol–water partition coefficient (Wildman–Crippen LogP) is 2.92. The van der Waals surface area contributed by atoms with Crippen LogP contribution >= 0.6 is 11.3 Å². The Bertz CT molecular complexity index is 959. The largest absolute Gasteiger partial charge is 0.355 e. The van der Waals surface area contributed by atoms with E-state index in [1.54, 1.807) is 28.6 Å². The maximum atomic E-state index is 12.5. The molecule has 4 rings (SSSR count). The number of carbonyl (C=O) groups is 2. The van der Waals surface area contributed by atoms with E-state index in [0.717, 1.165) is 22.0 Å². The Labute approximate surface area is 167 Å². The molecule has 1 fully saturated rings. The fraction of sp³-hybridized carbons (Fsp3) is 0.238. The summed E-state index contributed by atoms with van der Waals surface area (Å²) in [6, 6.07) is 13.3. The van der Waals surface area contributed by atoms with E-state index < -0.39 is 0 Å². The molecule has 1 aliphatic rings. The third-order valence-electron chi connectivity index (χ3n) is 4.72. The van der Waals surface area contributed by atoms with Gasteiger partial charge in [-0.15, -0.1) is 11.3 Å². The molecular weight excluding hydrogens is 372 g/mol. The highest BCUT2D eigenvalue weighted by Crippen LogP contribution is 2.25. The summed E-state index contributed by atoms with van der Waals surface area (Å²) >= 11 is 1.58. The topological polar surface area (TPSA) is 75.2 Å². The maximum absolute atomic E-state index is 12.5. The zero-order valence-electron chi connectivity index (χ0n) is 15.2. The Hall–Kier alpha value is -3.06. The first-order valence-corrected chi connectivity index (χ1v) is 10.1. The second-order valence-corrected chi connectivity index (χ2v) is 7.52.